The molecule has 0 aliphatic heterocycles. The molecule has 11 heavy (non-hydrogen) atoms. The van der Waals surface area contributed by atoms with Crippen LogP contribution in [0.4, 0.5) is 0 Å². The lowest BCUT2D eigenvalue weighted by atomic mass is 10.0. The first-order chi connectivity index (χ1) is 4.87. The molecule has 0 amide bonds. The molecule has 66 valence electrons. The Balaban J connectivity index is 3.88. The van der Waals surface area contributed by atoms with E-state index in [1.54, 1.807) is 0 Å². The molecule has 0 aliphatic rings. The van der Waals surface area contributed by atoms with E-state index in [1.165, 1.54) is 0 Å². The minimum atomic E-state index is -0.440. The smallest absolute Gasteiger partial charge is 0.151 e. The first-order valence-electron chi connectivity index (χ1n) is 3.48. The van der Waals surface area contributed by atoms with Gasteiger partial charge in [0.2, 0.25) is 0 Å². The van der Waals surface area contributed by atoms with Gasteiger partial charge in [0.25, 0.3) is 0 Å². The third-order valence-corrected chi connectivity index (χ3v) is 1.77. The van der Waals surface area contributed by atoms with Crippen molar-refractivity contribution in [2.24, 2.45) is 5.73 Å². The normalized spacial score (nSPS) is 14.6. The third kappa shape index (κ3) is 5.58. The molecule has 4 heteroatoms. The van der Waals surface area contributed by atoms with Crippen molar-refractivity contribution in [3.05, 3.63) is 0 Å². The average Bonchev–Trinajstić information content (AvgIpc) is 1.82. The molecule has 0 heterocycles. The van der Waals surface area contributed by atoms with Crippen LogP contribution in [0.5, 0.6) is 0 Å². The molecule has 0 saturated carbocycles. The summed E-state index contributed by atoms with van der Waals surface area (Å²) in [4.78, 5) is 11.2. The van der Waals surface area contributed by atoms with E-state index in [2.05, 4.69) is 25.3 Å². The Morgan fingerprint density at radius 1 is 1.64 bits per heavy atom. The molecule has 0 rings (SSSR count). The molecule has 0 aromatic carbocycles. The zero-order valence-corrected chi connectivity index (χ0v) is 8.66. The third-order valence-electron chi connectivity index (χ3n) is 1.22. The highest BCUT2D eigenvalue weighted by Gasteiger charge is 2.20. The Labute approximate surface area is 78.7 Å². The van der Waals surface area contributed by atoms with E-state index >= 15 is 0 Å². The second-order valence-corrected chi connectivity index (χ2v) is 4.82. The number of nitrogens with two attached hydrogens (primary N) is 1. The lowest BCUT2D eigenvalue weighted by Crippen LogP contribution is -2.35. The summed E-state index contributed by atoms with van der Waals surface area (Å²) in [6, 6.07) is -0.440. The van der Waals surface area contributed by atoms with E-state index in [1.807, 2.05) is 13.8 Å². The van der Waals surface area contributed by atoms with Crippen LogP contribution in [-0.4, -0.2) is 22.3 Å². The second kappa shape index (κ2) is 4.38. The van der Waals surface area contributed by atoms with Gasteiger partial charge in [0.1, 0.15) is 0 Å². The van der Waals surface area contributed by atoms with Gasteiger partial charge in [-0.25, -0.2) is 0 Å². The Kier molecular flexibility index (Phi) is 4.51. The maximum atomic E-state index is 11.2. The summed E-state index contributed by atoms with van der Waals surface area (Å²) in [6.45, 7) is 3.78. The molecule has 2 N–H and O–H groups in total. The van der Waals surface area contributed by atoms with Crippen molar-refractivity contribution < 1.29 is 4.79 Å². The van der Waals surface area contributed by atoms with Gasteiger partial charge in [0.05, 0.1) is 6.04 Å². The maximum Gasteiger partial charge on any atom is 0.151 e. The fourth-order valence-corrected chi connectivity index (χ4v) is 1.02. The number of hydrogen-bond donors (Lipinski definition) is 3. The van der Waals surface area contributed by atoms with Gasteiger partial charge >= 0.3 is 0 Å². The van der Waals surface area contributed by atoms with E-state index in [0.717, 1.165) is 0 Å². The summed E-state index contributed by atoms with van der Waals surface area (Å²) in [5.74, 6) is 0.433. The van der Waals surface area contributed by atoms with Gasteiger partial charge in [-0.3, -0.25) is 4.79 Å². The molecule has 0 aromatic heterocycles. The molecular formula is C7H15NOS2. The van der Waals surface area contributed by atoms with Gasteiger partial charge in [-0.05, 0) is 0 Å². The molecular weight excluding hydrogens is 178 g/mol. The quantitative estimate of drug-likeness (QED) is 0.581. The number of rotatable bonds is 4. The number of carbonyl (C=O) groups excluding carboxylic acids is 1. The minimum Gasteiger partial charge on any atom is -0.321 e. The average molecular weight is 193 g/mol. The first-order valence-corrected chi connectivity index (χ1v) is 4.56. The van der Waals surface area contributed by atoms with Gasteiger partial charge in [-0.15, -0.1) is 0 Å². The van der Waals surface area contributed by atoms with Gasteiger partial charge < -0.3 is 5.73 Å². The van der Waals surface area contributed by atoms with Crippen LogP contribution in [0, 0.1) is 0 Å². The fraction of sp³-hybridized carbons (Fsp3) is 0.857. The maximum absolute atomic E-state index is 11.2. The molecule has 2 nitrogen and oxygen atoms in total. The van der Waals surface area contributed by atoms with Crippen LogP contribution >= 0.6 is 25.3 Å². The van der Waals surface area contributed by atoms with Crippen LogP contribution in [0.25, 0.3) is 0 Å². The molecule has 0 saturated heterocycles. The number of Topliss-reactive ketones (excluding diaryl/α,β-unsaturated/α-hetero) is 1. The van der Waals surface area contributed by atoms with Crippen LogP contribution in [0.3, 0.4) is 0 Å². The predicted octanol–water partition coefficient (Wildman–Crippen LogP) is 0.911. The summed E-state index contributed by atoms with van der Waals surface area (Å²) in [7, 11) is 0. The molecule has 0 aliphatic carbocycles. The lowest BCUT2D eigenvalue weighted by molar-refractivity contribution is -0.120. The Morgan fingerprint density at radius 3 is 2.36 bits per heavy atom. The summed E-state index contributed by atoms with van der Waals surface area (Å²) in [5.41, 5.74) is 5.46. The SMILES string of the molecule is CC(C)(S)CC(=O)[C@@H](N)CS. The number of carbonyl (C=O) groups is 1. The van der Waals surface area contributed by atoms with Gasteiger partial charge in [-0.1, -0.05) is 13.8 Å². The van der Waals surface area contributed by atoms with E-state index in [4.69, 9.17) is 5.73 Å². The van der Waals surface area contributed by atoms with Crippen LogP contribution in [0.15, 0.2) is 0 Å². The minimum absolute atomic E-state index is 0.0278. The van der Waals surface area contributed by atoms with Crippen LogP contribution in [-0.2, 0) is 4.79 Å². The Morgan fingerprint density at radius 2 is 2.09 bits per heavy atom. The predicted molar refractivity (Wildman–Crippen MR) is 54.5 cm³/mol. The number of ketones is 1. The summed E-state index contributed by atoms with van der Waals surface area (Å²) in [6.07, 6.45) is 0.401. The monoisotopic (exact) mass is 193 g/mol. The molecule has 0 fully saturated rings. The highest BCUT2D eigenvalue weighted by Crippen LogP contribution is 2.17. The van der Waals surface area contributed by atoms with E-state index in [-0.39, 0.29) is 10.5 Å². The van der Waals surface area contributed by atoms with E-state index in [9.17, 15) is 4.79 Å². The van der Waals surface area contributed by atoms with Crippen LogP contribution in [0.1, 0.15) is 20.3 Å². The van der Waals surface area contributed by atoms with E-state index in [0.29, 0.717) is 12.2 Å². The van der Waals surface area contributed by atoms with Crippen molar-refractivity contribution in [2.75, 3.05) is 5.75 Å². The zero-order valence-electron chi connectivity index (χ0n) is 6.87. The van der Waals surface area contributed by atoms with Gasteiger partial charge in [0.15, 0.2) is 5.78 Å². The molecule has 0 aromatic rings. The fourth-order valence-electron chi connectivity index (χ4n) is 0.659. The second-order valence-electron chi connectivity index (χ2n) is 3.24. The first kappa shape index (κ1) is 11.3. The molecule has 0 spiro atoms. The van der Waals surface area contributed by atoms with Crippen molar-refractivity contribution >= 4 is 31.0 Å². The number of hydrogen-bond acceptors (Lipinski definition) is 4. The van der Waals surface area contributed by atoms with Crippen LogP contribution < -0.4 is 5.73 Å². The standard InChI is InChI=1S/C7H15NOS2/c1-7(2,11)3-6(9)5(8)4-10/h5,10-11H,3-4,8H2,1-2H3/t5-/m0/s1. The van der Waals surface area contributed by atoms with Gasteiger partial charge in [0, 0.05) is 16.9 Å². The molecule has 0 unspecified atom stereocenters. The topological polar surface area (TPSA) is 43.1 Å². The van der Waals surface area contributed by atoms with Crippen LogP contribution in [0.2, 0.25) is 0 Å². The lowest BCUT2D eigenvalue weighted by Gasteiger charge is -2.17. The highest BCUT2D eigenvalue weighted by molar-refractivity contribution is 7.81. The van der Waals surface area contributed by atoms with Crippen molar-refractivity contribution in [1.29, 1.82) is 0 Å². The van der Waals surface area contributed by atoms with Crippen molar-refractivity contribution in [1.82, 2.24) is 0 Å². The molecule has 1 atom stereocenters. The number of thiol groups is 2. The highest BCUT2D eigenvalue weighted by atomic mass is 32.1. The van der Waals surface area contributed by atoms with Gasteiger partial charge in [-0.2, -0.15) is 25.3 Å². The largest absolute Gasteiger partial charge is 0.321 e. The molecule has 0 bridgehead atoms. The Bertz CT molecular complexity index is 142. The van der Waals surface area contributed by atoms with Crippen molar-refractivity contribution in [2.45, 2.75) is 31.1 Å². The Hall–Kier alpha value is 0.330. The summed E-state index contributed by atoms with van der Waals surface area (Å²) >= 11 is 8.16. The van der Waals surface area contributed by atoms with E-state index < -0.39 is 6.04 Å². The van der Waals surface area contributed by atoms with Crippen molar-refractivity contribution in [3.63, 3.8) is 0 Å². The van der Waals surface area contributed by atoms with Crippen molar-refractivity contribution in [3.8, 4) is 0 Å². The summed E-state index contributed by atoms with van der Waals surface area (Å²) in [5, 5.41) is 0. The summed E-state index contributed by atoms with van der Waals surface area (Å²) < 4.78 is -0.266. The molecule has 0 radical (unpaired) electrons. The zero-order chi connectivity index (χ0) is 9.07.